The Morgan fingerprint density at radius 3 is 2.79 bits per heavy atom. The van der Waals surface area contributed by atoms with Crippen LogP contribution in [0, 0.1) is 0 Å². The maximum atomic E-state index is 13.0. The first-order valence-electron chi connectivity index (χ1n) is 9.87. The monoisotopic (exact) mass is 376 g/mol. The number of amides is 1. The van der Waals surface area contributed by atoms with Crippen LogP contribution in [-0.2, 0) is 11.2 Å². The first-order valence-corrected chi connectivity index (χ1v) is 9.87. The molecule has 1 aromatic carbocycles. The minimum Gasteiger partial charge on any atom is -0.353 e. The van der Waals surface area contributed by atoms with Gasteiger partial charge in [-0.05, 0) is 37.1 Å². The molecule has 3 aromatic rings. The van der Waals surface area contributed by atoms with Gasteiger partial charge in [0.2, 0.25) is 5.91 Å². The lowest BCUT2D eigenvalue weighted by molar-refractivity contribution is -0.120. The Balaban J connectivity index is 1.22. The summed E-state index contributed by atoms with van der Waals surface area (Å²) in [5.41, 5.74) is 3.21. The van der Waals surface area contributed by atoms with Gasteiger partial charge >= 0.3 is 0 Å². The van der Waals surface area contributed by atoms with Crippen LogP contribution in [0.2, 0.25) is 0 Å². The second-order valence-corrected chi connectivity index (χ2v) is 7.63. The zero-order chi connectivity index (χ0) is 19.1. The van der Waals surface area contributed by atoms with Gasteiger partial charge < -0.3 is 9.80 Å². The van der Waals surface area contributed by atoms with E-state index in [1.54, 1.807) is 10.7 Å². The van der Waals surface area contributed by atoms with Crippen molar-refractivity contribution in [3.8, 4) is 0 Å². The number of hydrogen-bond donors (Lipinski definition) is 0. The largest absolute Gasteiger partial charge is 0.353 e. The van der Waals surface area contributed by atoms with Gasteiger partial charge in [0.05, 0.1) is 6.54 Å². The summed E-state index contributed by atoms with van der Waals surface area (Å²) in [6.45, 7) is 6.06. The topological polar surface area (TPSA) is 57.0 Å². The molecule has 0 saturated carbocycles. The molecule has 0 unspecified atom stereocenters. The number of imidazole rings is 1. The van der Waals surface area contributed by atoms with Crippen LogP contribution in [0.4, 0.5) is 11.5 Å². The fraction of sp³-hybridized carbons (Fsp3) is 0.381. The van der Waals surface area contributed by atoms with E-state index in [4.69, 9.17) is 0 Å². The van der Waals surface area contributed by atoms with Gasteiger partial charge in [-0.1, -0.05) is 18.2 Å². The van der Waals surface area contributed by atoms with Crippen molar-refractivity contribution in [2.24, 2.45) is 0 Å². The molecule has 0 N–H and O–H groups in total. The van der Waals surface area contributed by atoms with Crippen LogP contribution in [0.25, 0.3) is 5.65 Å². The van der Waals surface area contributed by atoms with E-state index < -0.39 is 0 Å². The molecule has 1 saturated heterocycles. The van der Waals surface area contributed by atoms with Gasteiger partial charge in [0.15, 0.2) is 5.65 Å². The number of rotatable bonds is 3. The highest BCUT2D eigenvalue weighted by Gasteiger charge is 2.31. The number of hydrogen-bond acceptors (Lipinski definition) is 5. The molecule has 7 nitrogen and oxygen atoms in total. The molecule has 0 radical (unpaired) electrons. The Morgan fingerprint density at radius 1 is 1.11 bits per heavy atom. The molecule has 1 fully saturated rings. The first kappa shape index (κ1) is 17.2. The van der Waals surface area contributed by atoms with E-state index in [0.717, 1.165) is 49.8 Å². The summed E-state index contributed by atoms with van der Waals surface area (Å²) < 4.78 is 1.80. The highest BCUT2D eigenvalue weighted by molar-refractivity contribution is 5.97. The number of nitrogens with zero attached hydrogens (tertiary/aromatic N) is 6. The van der Waals surface area contributed by atoms with E-state index in [1.165, 1.54) is 5.56 Å². The van der Waals surface area contributed by atoms with E-state index in [1.807, 2.05) is 35.4 Å². The van der Waals surface area contributed by atoms with Gasteiger partial charge in [-0.3, -0.25) is 9.69 Å². The number of fused-ring (bicyclic) bond motifs is 2. The minimum absolute atomic E-state index is 0.198. The Bertz CT molecular complexity index is 1010. The van der Waals surface area contributed by atoms with Crippen molar-refractivity contribution in [2.75, 3.05) is 42.5 Å². The van der Waals surface area contributed by atoms with Crippen molar-refractivity contribution in [3.05, 3.63) is 54.4 Å². The van der Waals surface area contributed by atoms with Crippen LogP contribution < -0.4 is 9.80 Å². The molecule has 2 aliphatic heterocycles. The van der Waals surface area contributed by atoms with Crippen LogP contribution >= 0.6 is 0 Å². The standard InChI is InChI=1S/C21H24N6O/c1-16-14-17-4-2-3-5-18(17)27(16)21(28)15-24-10-12-25(13-11-24)20-7-6-19-22-8-9-26(19)23-20/h2-9,16H,10-15H2,1H3/t16-/m1/s1. The van der Waals surface area contributed by atoms with E-state index in [0.29, 0.717) is 6.54 Å². The molecule has 2 aliphatic rings. The van der Waals surface area contributed by atoms with Gasteiger partial charge in [-0.2, -0.15) is 0 Å². The molecule has 28 heavy (non-hydrogen) atoms. The number of aromatic nitrogens is 3. The summed E-state index contributed by atoms with van der Waals surface area (Å²) in [4.78, 5) is 23.8. The van der Waals surface area contributed by atoms with Crippen LogP contribution in [0.5, 0.6) is 0 Å². The summed E-state index contributed by atoms with van der Waals surface area (Å²) in [7, 11) is 0. The maximum Gasteiger partial charge on any atom is 0.241 e. The predicted molar refractivity (Wildman–Crippen MR) is 109 cm³/mol. The number of benzene rings is 1. The van der Waals surface area contributed by atoms with E-state index in [-0.39, 0.29) is 11.9 Å². The summed E-state index contributed by atoms with van der Waals surface area (Å²) in [6.07, 6.45) is 4.56. The number of carbonyl (C=O) groups excluding carboxylic acids is 1. The molecular weight excluding hydrogens is 352 g/mol. The van der Waals surface area contributed by atoms with Gasteiger partial charge in [0.25, 0.3) is 0 Å². The quantitative estimate of drug-likeness (QED) is 0.698. The molecule has 5 rings (SSSR count). The smallest absolute Gasteiger partial charge is 0.241 e. The van der Waals surface area contributed by atoms with Crippen LogP contribution in [0.3, 0.4) is 0 Å². The highest BCUT2D eigenvalue weighted by atomic mass is 16.2. The Morgan fingerprint density at radius 2 is 1.93 bits per heavy atom. The fourth-order valence-electron chi connectivity index (χ4n) is 4.32. The van der Waals surface area contributed by atoms with Crippen LogP contribution in [0.1, 0.15) is 12.5 Å². The fourth-order valence-corrected chi connectivity index (χ4v) is 4.32. The van der Waals surface area contributed by atoms with Crippen molar-refractivity contribution in [3.63, 3.8) is 0 Å². The van der Waals surface area contributed by atoms with E-state index in [2.05, 4.69) is 38.9 Å². The van der Waals surface area contributed by atoms with Gasteiger partial charge in [-0.15, -0.1) is 5.10 Å². The van der Waals surface area contributed by atoms with Crippen molar-refractivity contribution in [1.82, 2.24) is 19.5 Å². The third kappa shape index (κ3) is 3.01. The molecule has 2 aromatic heterocycles. The summed E-state index contributed by atoms with van der Waals surface area (Å²) in [5.74, 6) is 1.16. The number of piperazine rings is 1. The molecular formula is C21H24N6O. The zero-order valence-electron chi connectivity index (χ0n) is 16.0. The van der Waals surface area contributed by atoms with Crippen LogP contribution in [0.15, 0.2) is 48.8 Å². The molecule has 0 spiro atoms. The SMILES string of the molecule is C[C@@H]1Cc2ccccc2N1C(=O)CN1CCN(c2ccc3nccn3n2)CC1. The third-order valence-corrected chi connectivity index (χ3v) is 5.77. The molecule has 7 heteroatoms. The average molecular weight is 376 g/mol. The second-order valence-electron chi connectivity index (χ2n) is 7.63. The molecule has 1 atom stereocenters. The maximum absolute atomic E-state index is 13.0. The summed E-state index contributed by atoms with van der Waals surface area (Å²) in [5, 5.41) is 4.63. The van der Waals surface area contributed by atoms with Crippen molar-refractivity contribution < 1.29 is 4.79 Å². The molecule has 0 bridgehead atoms. The summed E-state index contributed by atoms with van der Waals surface area (Å²) >= 11 is 0. The van der Waals surface area contributed by atoms with Crippen LogP contribution in [-0.4, -0.2) is 64.2 Å². The number of carbonyl (C=O) groups is 1. The van der Waals surface area contributed by atoms with Gasteiger partial charge in [0, 0.05) is 50.3 Å². The molecule has 144 valence electrons. The Kier molecular flexibility index (Phi) is 4.24. The summed E-state index contributed by atoms with van der Waals surface area (Å²) in [6, 6.07) is 12.5. The minimum atomic E-state index is 0.198. The predicted octanol–water partition coefficient (Wildman–Crippen LogP) is 1.83. The van der Waals surface area contributed by atoms with Gasteiger partial charge in [-0.25, -0.2) is 9.50 Å². The lowest BCUT2D eigenvalue weighted by atomic mass is 10.1. The number of para-hydroxylation sites is 1. The van der Waals surface area contributed by atoms with E-state index in [9.17, 15) is 4.79 Å². The van der Waals surface area contributed by atoms with Crippen molar-refractivity contribution >= 4 is 23.1 Å². The first-order chi connectivity index (χ1) is 13.7. The lowest BCUT2D eigenvalue weighted by Gasteiger charge is -2.36. The van der Waals surface area contributed by atoms with E-state index >= 15 is 0 Å². The molecule has 4 heterocycles. The Hall–Kier alpha value is -2.93. The molecule has 1 amide bonds. The third-order valence-electron chi connectivity index (χ3n) is 5.77. The average Bonchev–Trinajstić information content (AvgIpc) is 3.31. The highest BCUT2D eigenvalue weighted by Crippen LogP contribution is 2.31. The zero-order valence-corrected chi connectivity index (χ0v) is 16.0. The normalized spacial score (nSPS) is 20.0. The number of anilines is 2. The van der Waals surface area contributed by atoms with Crippen molar-refractivity contribution in [1.29, 1.82) is 0 Å². The molecule has 0 aliphatic carbocycles. The Labute approximate surface area is 164 Å². The van der Waals surface area contributed by atoms with Gasteiger partial charge in [0.1, 0.15) is 5.82 Å². The lowest BCUT2D eigenvalue weighted by Crippen LogP contribution is -2.51. The second kappa shape index (κ2) is 6.91. The van der Waals surface area contributed by atoms with Crippen molar-refractivity contribution in [2.45, 2.75) is 19.4 Å².